The second kappa shape index (κ2) is 7.86. The number of carbonyl (C=O) groups is 3. The number of aldehydes is 1. The van der Waals surface area contributed by atoms with Gasteiger partial charge in [-0.25, -0.2) is 4.79 Å². The normalized spacial score (nSPS) is 48.8. The van der Waals surface area contributed by atoms with Crippen LogP contribution in [0.2, 0.25) is 0 Å². The highest BCUT2D eigenvalue weighted by Gasteiger charge is 2.70. The lowest BCUT2D eigenvalue weighted by atomic mass is 9.42. The van der Waals surface area contributed by atoms with Gasteiger partial charge in [0, 0.05) is 6.42 Å². The molecule has 0 radical (unpaired) electrons. The predicted molar refractivity (Wildman–Crippen MR) is 125 cm³/mol. The van der Waals surface area contributed by atoms with Gasteiger partial charge >= 0.3 is 5.97 Å². The Morgan fingerprint density at radius 1 is 1.21 bits per heavy atom. The van der Waals surface area contributed by atoms with Crippen molar-refractivity contribution in [3.63, 3.8) is 0 Å². The summed E-state index contributed by atoms with van der Waals surface area (Å²) in [5, 5.41) is 20.7. The Labute approximate surface area is 201 Å². The molecule has 1 aliphatic heterocycles. The largest absolute Gasteiger partial charge is 0.458 e. The average molecular weight is 471 g/mol. The van der Waals surface area contributed by atoms with E-state index in [9.17, 15) is 24.6 Å². The third-order valence-corrected chi connectivity index (χ3v) is 11.3. The van der Waals surface area contributed by atoms with E-state index in [1.165, 1.54) is 6.08 Å². The number of ketones is 1. The van der Waals surface area contributed by atoms with E-state index in [4.69, 9.17) is 4.74 Å². The molecule has 0 aromatic carbocycles. The van der Waals surface area contributed by atoms with Gasteiger partial charge in [0.25, 0.3) is 0 Å². The van der Waals surface area contributed by atoms with Crippen molar-refractivity contribution in [1.29, 1.82) is 0 Å². The van der Waals surface area contributed by atoms with Crippen LogP contribution in [-0.4, -0.2) is 47.1 Å². The molecular weight excluding hydrogens is 432 g/mol. The highest BCUT2D eigenvalue weighted by Crippen LogP contribution is 2.70. The van der Waals surface area contributed by atoms with Crippen LogP contribution in [-0.2, 0) is 19.1 Å². The smallest absolute Gasteiger partial charge is 0.336 e. The molecule has 0 aromatic rings. The van der Waals surface area contributed by atoms with E-state index in [2.05, 4.69) is 13.8 Å². The molecule has 0 saturated heterocycles. The summed E-state index contributed by atoms with van der Waals surface area (Å²) >= 11 is 0. The van der Waals surface area contributed by atoms with Crippen LogP contribution in [0.4, 0.5) is 0 Å². The lowest BCUT2D eigenvalue weighted by Gasteiger charge is -2.60. The van der Waals surface area contributed by atoms with Crippen LogP contribution >= 0.6 is 0 Å². The average Bonchev–Trinajstić information content (AvgIpc) is 3.28. The zero-order valence-electron chi connectivity index (χ0n) is 20.8. The molecule has 10 atom stereocenters. The summed E-state index contributed by atoms with van der Waals surface area (Å²) < 4.78 is 5.81. The van der Waals surface area contributed by atoms with Crippen molar-refractivity contribution >= 4 is 18.0 Å². The van der Waals surface area contributed by atoms with Crippen molar-refractivity contribution in [2.75, 3.05) is 6.61 Å². The number of rotatable bonds is 4. The molecule has 5 aliphatic rings. The molecule has 0 amide bonds. The maximum atomic E-state index is 13.1. The molecular formula is C28H38O6. The lowest BCUT2D eigenvalue weighted by molar-refractivity contribution is -0.179. The Bertz CT molecular complexity index is 981. The van der Waals surface area contributed by atoms with Gasteiger partial charge in [-0.05, 0) is 80.1 Å². The lowest BCUT2D eigenvalue weighted by Crippen LogP contribution is -2.62. The Morgan fingerprint density at radius 3 is 2.59 bits per heavy atom. The predicted octanol–water partition coefficient (Wildman–Crippen LogP) is 3.40. The Balaban J connectivity index is 1.42. The van der Waals surface area contributed by atoms with Gasteiger partial charge in [0.1, 0.15) is 12.4 Å². The molecule has 6 nitrogen and oxygen atoms in total. The SMILES string of the molecule is CC1=C(CO)C(=O)O[C@@H]([C@@H](C)[C@H]2CC[C@H]3[C@@H]4C[C@@H](O)[C@]5(C=O)C=CC(=O)[C@]5(C)[C@H]4CC[C@]23C)C1. The first kappa shape index (κ1) is 23.9. The highest BCUT2D eigenvalue weighted by molar-refractivity contribution is 6.02. The summed E-state index contributed by atoms with van der Waals surface area (Å²) in [5.41, 5.74) is -0.635. The molecule has 0 unspecified atom stereocenters. The van der Waals surface area contributed by atoms with Crippen LogP contribution in [0.5, 0.6) is 0 Å². The first-order chi connectivity index (χ1) is 16.0. The van der Waals surface area contributed by atoms with Crippen molar-refractivity contribution in [2.45, 2.75) is 78.4 Å². The van der Waals surface area contributed by atoms with Crippen LogP contribution in [0.15, 0.2) is 23.3 Å². The van der Waals surface area contributed by atoms with E-state index < -0.39 is 22.9 Å². The fraction of sp³-hybridized carbons (Fsp3) is 0.750. The molecule has 0 bridgehead atoms. The number of esters is 1. The maximum Gasteiger partial charge on any atom is 0.336 e. The molecule has 4 aliphatic carbocycles. The van der Waals surface area contributed by atoms with E-state index in [0.717, 1.165) is 37.5 Å². The quantitative estimate of drug-likeness (QED) is 0.482. The number of hydrogen-bond acceptors (Lipinski definition) is 6. The monoisotopic (exact) mass is 470 g/mol. The molecule has 2 N–H and O–H groups in total. The molecule has 34 heavy (non-hydrogen) atoms. The molecule has 6 heteroatoms. The summed E-state index contributed by atoms with van der Waals surface area (Å²) in [4.78, 5) is 37.9. The summed E-state index contributed by atoms with van der Waals surface area (Å²) in [6, 6.07) is 0. The van der Waals surface area contributed by atoms with Crippen molar-refractivity contribution in [1.82, 2.24) is 0 Å². The van der Waals surface area contributed by atoms with Gasteiger partial charge in [0.15, 0.2) is 5.78 Å². The van der Waals surface area contributed by atoms with Crippen LogP contribution in [0.1, 0.15) is 66.2 Å². The third-order valence-electron chi connectivity index (χ3n) is 11.3. The number of cyclic esters (lactones) is 1. The van der Waals surface area contributed by atoms with E-state index in [1.54, 1.807) is 6.08 Å². The van der Waals surface area contributed by atoms with Crippen LogP contribution in [0.25, 0.3) is 0 Å². The van der Waals surface area contributed by atoms with Gasteiger partial charge < -0.3 is 19.7 Å². The molecule has 1 heterocycles. The molecule has 0 spiro atoms. The number of ether oxygens (including phenoxy) is 1. The number of aliphatic hydroxyl groups is 2. The summed E-state index contributed by atoms with van der Waals surface area (Å²) in [7, 11) is 0. The van der Waals surface area contributed by atoms with E-state index in [1.807, 2.05) is 13.8 Å². The zero-order chi connectivity index (χ0) is 24.6. The third kappa shape index (κ3) is 2.84. The van der Waals surface area contributed by atoms with Crippen LogP contribution in [0, 0.1) is 45.8 Å². The minimum Gasteiger partial charge on any atom is -0.458 e. The number of fused-ring (bicyclic) bond motifs is 5. The van der Waals surface area contributed by atoms with Crippen molar-refractivity contribution < 1.29 is 29.3 Å². The number of hydrogen-bond donors (Lipinski definition) is 2. The second-order valence-corrected chi connectivity index (χ2v) is 12.2. The fourth-order valence-electron chi connectivity index (χ4n) is 9.27. The molecule has 5 rings (SSSR count). The number of aliphatic hydroxyl groups excluding tert-OH is 2. The van der Waals surface area contributed by atoms with E-state index >= 15 is 0 Å². The van der Waals surface area contributed by atoms with Crippen LogP contribution in [0.3, 0.4) is 0 Å². The van der Waals surface area contributed by atoms with Crippen molar-refractivity contribution in [3.8, 4) is 0 Å². The summed E-state index contributed by atoms with van der Waals surface area (Å²) in [6.45, 7) is 8.09. The first-order valence-electron chi connectivity index (χ1n) is 12.9. The maximum absolute atomic E-state index is 13.1. The fourth-order valence-corrected chi connectivity index (χ4v) is 9.27. The van der Waals surface area contributed by atoms with Crippen LogP contribution < -0.4 is 0 Å². The Hall–Kier alpha value is -1.79. The van der Waals surface area contributed by atoms with Gasteiger partial charge in [0.2, 0.25) is 0 Å². The Morgan fingerprint density at radius 2 is 1.94 bits per heavy atom. The second-order valence-electron chi connectivity index (χ2n) is 12.2. The summed E-state index contributed by atoms with van der Waals surface area (Å²) in [5.74, 6) is 0.791. The molecule has 0 aromatic heterocycles. The topological polar surface area (TPSA) is 101 Å². The number of carbonyl (C=O) groups excluding carboxylic acids is 3. The van der Waals surface area contributed by atoms with Gasteiger partial charge in [-0.2, -0.15) is 0 Å². The van der Waals surface area contributed by atoms with Crippen molar-refractivity contribution in [2.24, 2.45) is 45.8 Å². The highest BCUT2D eigenvalue weighted by atomic mass is 16.5. The Kier molecular flexibility index (Phi) is 5.53. The molecule has 3 saturated carbocycles. The number of allylic oxidation sites excluding steroid dienone is 1. The summed E-state index contributed by atoms with van der Waals surface area (Å²) in [6.07, 6.45) is 8.10. The zero-order valence-corrected chi connectivity index (χ0v) is 20.8. The standard InChI is InChI=1S/C28H38O6/c1-15-11-22(34-25(33)18(15)13-29)16(2)19-5-6-20-17-12-24(32)28(14-30)10-8-23(31)27(28,4)21(17)7-9-26(19,20)3/h8,10,14,16-17,19-22,24,29,32H,5-7,9,11-13H2,1-4H3/t16-,17-,19+,20-,21-,22+,24+,26+,27-,28+/m0/s1. The van der Waals surface area contributed by atoms with Gasteiger partial charge in [-0.15, -0.1) is 0 Å². The molecule has 186 valence electrons. The van der Waals surface area contributed by atoms with Crippen molar-refractivity contribution in [3.05, 3.63) is 23.3 Å². The van der Waals surface area contributed by atoms with Gasteiger partial charge in [-0.1, -0.05) is 32.4 Å². The van der Waals surface area contributed by atoms with E-state index in [0.29, 0.717) is 30.3 Å². The minimum absolute atomic E-state index is 0.0177. The molecule has 3 fully saturated rings. The minimum atomic E-state index is -1.10. The first-order valence-corrected chi connectivity index (χ1v) is 12.9. The van der Waals surface area contributed by atoms with Gasteiger partial charge in [-0.3, -0.25) is 4.79 Å². The van der Waals surface area contributed by atoms with E-state index in [-0.39, 0.29) is 41.7 Å². The van der Waals surface area contributed by atoms with Gasteiger partial charge in [0.05, 0.1) is 29.1 Å².